The van der Waals surface area contributed by atoms with Crippen LogP contribution in [0.3, 0.4) is 0 Å². The Bertz CT molecular complexity index is 1220. The summed E-state index contributed by atoms with van der Waals surface area (Å²) in [6.45, 7) is 1.11. The molecule has 2 aliphatic rings. The number of hydrogen-bond donors (Lipinski definition) is 2. The highest BCUT2D eigenvalue weighted by Gasteiger charge is 2.58. The van der Waals surface area contributed by atoms with Crippen molar-refractivity contribution in [2.24, 2.45) is 11.8 Å². The highest BCUT2D eigenvalue weighted by molar-refractivity contribution is 6.32. The number of amides is 2. The molecule has 2 N–H and O–H groups in total. The van der Waals surface area contributed by atoms with Crippen LogP contribution in [0.1, 0.15) is 31.7 Å². The molecule has 0 saturated heterocycles. The van der Waals surface area contributed by atoms with Gasteiger partial charge in [-0.3, -0.25) is 19.8 Å². The predicted octanol–water partition coefficient (Wildman–Crippen LogP) is 4.88. The Morgan fingerprint density at radius 1 is 1.18 bits per heavy atom. The lowest BCUT2D eigenvalue weighted by Crippen LogP contribution is -2.60. The second-order valence-corrected chi connectivity index (χ2v) is 9.82. The zero-order chi connectivity index (χ0) is 28.0. The van der Waals surface area contributed by atoms with Crippen LogP contribution < -0.4 is 15.5 Å². The van der Waals surface area contributed by atoms with Gasteiger partial charge >= 0.3 is 6.30 Å². The SMILES string of the molecule is C[C@@](C(=O)N[C@@H]1CC2CC1CC2(F)F)(c1cncnc1)N(C(=O)[C@H](F)Cl)c1ccc(NC(F)(F)F)cc1F. The van der Waals surface area contributed by atoms with Gasteiger partial charge in [-0.25, -0.2) is 27.5 Å². The molecule has 0 radical (unpaired) electrons. The van der Waals surface area contributed by atoms with E-state index in [1.807, 2.05) is 0 Å². The maximum Gasteiger partial charge on any atom is 0.482 e. The minimum absolute atomic E-state index is 0.0495. The Balaban J connectivity index is 1.77. The zero-order valence-electron chi connectivity index (χ0n) is 19.6. The highest BCUT2D eigenvalue weighted by atomic mass is 35.5. The van der Waals surface area contributed by atoms with Gasteiger partial charge in [-0.05, 0) is 43.9 Å². The summed E-state index contributed by atoms with van der Waals surface area (Å²) < 4.78 is 95.6. The minimum atomic E-state index is -4.91. The number of nitrogens with zero attached hydrogens (tertiary/aromatic N) is 3. The smallest absolute Gasteiger partial charge is 0.351 e. The van der Waals surface area contributed by atoms with Crippen LogP contribution in [0.4, 0.5) is 42.1 Å². The van der Waals surface area contributed by atoms with Crippen LogP contribution in [0.5, 0.6) is 0 Å². The average Bonchev–Trinajstić information content (AvgIpc) is 3.35. The molecule has 2 aliphatic carbocycles. The molecule has 15 heteroatoms. The van der Waals surface area contributed by atoms with Gasteiger partial charge in [0.05, 0.1) is 5.69 Å². The van der Waals surface area contributed by atoms with Gasteiger partial charge in [-0.1, -0.05) is 11.6 Å². The van der Waals surface area contributed by atoms with Gasteiger partial charge in [-0.2, -0.15) is 13.2 Å². The summed E-state index contributed by atoms with van der Waals surface area (Å²) in [6.07, 6.45) is -1.95. The first kappa shape index (κ1) is 27.9. The predicted molar refractivity (Wildman–Crippen MR) is 121 cm³/mol. The molecule has 5 atom stereocenters. The second kappa shape index (κ2) is 9.86. The van der Waals surface area contributed by atoms with Crippen molar-refractivity contribution in [2.75, 3.05) is 10.2 Å². The normalized spacial score (nSPS) is 24.4. The molecule has 38 heavy (non-hydrogen) atoms. The molecule has 2 amide bonds. The van der Waals surface area contributed by atoms with Gasteiger partial charge in [0, 0.05) is 42.0 Å². The standard InChI is InChI=1S/C23H21ClF7N5O2/c1-21(13-8-32-10-33-9-13,20(38)34-16-5-12-4-11(16)7-22(12,27)28)36(19(37)18(24)26)17-3-2-14(6-15(17)25)35-23(29,30)31/h2-3,6,8-12,16,18,35H,4-5,7H2,1H3,(H,34,38)/t11?,12?,16-,18+,21+/m1/s1. The third-order valence-electron chi connectivity index (χ3n) is 7.04. The molecule has 2 unspecified atom stereocenters. The number of carbonyl (C=O) groups is 2. The zero-order valence-corrected chi connectivity index (χ0v) is 20.3. The number of anilines is 2. The largest absolute Gasteiger partial charge is 0.482 e. The molecular formula is C23H21ClF7N5O2. The van der Waals surface area contributed by atoms with Crippen LogP contribution in [0.15, 0.2) is 36.9 Å². The summed E-state index contributed by atoms with van der Waals surface area (Å²) in [5.41, 5.74) is -6.73. The van der Waals surface area contributed by atoms with Crippen molar-refractivity contribution in [3.8, 4) is 0 Å². The number of carbonyl (C=O) groups excluding carboxylic acids is 2. The Labute approximate surface area is 216 Å². The topological polar surface area (TPSA) is 87.2 Å². The Hall–Kier alpha value is -3.16. The molecule has 1 aromatic carbocycles. The van der Waals surface area contributed by atoms with Crippen molar-refractivity contribution in [3.05, 3.63) is 48.3 Å². The molecule has 206 valence electrons. The molecular weight excluding hydrogens is 547 g/mol. The van der Waals surface area contributed by atoms with Gasteiger partial charge in [-0.15, -0.1) is 0 Å². The van der Waals surface area contributed by atoms with E-state index in [-0.39, 0.29) is 18.4 Å². The number of halogens is 8. The van der Waals surface area contributed by atoms with Crippen LogP contribution in [0.2, 0.25) is 0 Å². The summed E-state index contributed by atoms with van der Waals surface area (Å²) in [5, 5.41) is 3.72. The fraction of sp³-hybridized carbons (Fsp3) is 0.478. The van der Waals surface area contributed by atoms with E-state index in [4.69, 9.17) is 11.6 Å². The van der Waals surface area contributed by atoms with Crippen LogP contribution in [-0.4, -0.2) is 45.7 Å². The van der Waals surface area contributed by atoms with Gasteiger partial charge < -0.3 is 5.32 Å². The van der Waals surface area contributed by atoms with E-state index in [1.54, 1.807) is 0 Å². The maximum absolute atomic E-state index is 15.2. The Morgan fingerprint density at radius 3 is 2.34 bits per heavy atom. The number of hydrogen-bond acceptors (Lipinski definition) is 5. The molecule has 1 aromatic heterocycles. The van der Waals surface area contributed by atoms with Gasteiger partial charge in [0.15, 0.2) is 5.54 Å². The molecule has 4 rings (SSSR count). The van der Waals surface area contributed by atoms with E-state index in [0.717, 1.165) is 43.1 Å². The van der Waals surface area contributed by atoms with E-state index in [9.17, 15) is 35.9 Å². The van der Waals surface area contributed by atoms with E-state index in [2.05, 4.69) is 15.3 Å². The van der Waals surface area contributed by atoms with Crippen molar-refractivity contribution < 1.29 is 40.3 Å². The quantitative estimate of drug-likeness (QED) is 0.283. The van der Waals surface area contributed by atoms with Crippen molar-refractivity contribution in [1.29, 1.82) is 0 Å². The number of fused-ring (bicyclic) bond motifs is 2. The van der Waals surface area contributed by atoms with E-state index in [1.165, 1.54) is 0 Å². The number of aromatic nitrogens is 2. The monoisotopic (exact) mass is 567 g/mol. The molecule has 2 saturated carbocycles. The van der Waals surface area contributed by atoms with Crippen LogP contribution >= 0.6 is 11.6 Å². The fourth-order valence-electron chi connectivity index (χ4n) is 5.22. The van der Waals surface area contributed by atoms with Crippen molar-refractivity contribution in [3.63, 3.8) is 0 Å². The summed E-state index contributed by atoms with van der Waals surface area (Å²) in [6, 6.07) is 1.20. The number of nitrogens with one attached hydrogen (secondary N) is 2. The number of rotatable bonds is 7. The number of alkyl halides is 7. The first-order valence-electron chi connectivity index (χ1n) is 11.3. The number of benzene rings is 1. The average molecular weight is 568 g/mol. The fourth-order valence-corrected chi connectivity index (χ4v) is 5.31. The van der Waals surface area contributed by atoms with Crippen molar-refractivity contribution in [2.45, 2.75) is 55.6 Å². The lowest BCUT2D eigenvalue weighted by atomic mass is 9.87. The molecule has 0 spiro atoms. The summed E-state index contributed by atoms with van der Waals surface area (Å²) in [7, 11) is 0. The second-order valence-electron chi connectivity index (χ2n) is 9.44. The van der Waals surface area contributed by atoms with Crippen LogP contribution in [-0.2, 0) is 15.1 Å². The summed E-state index contributed by atoms with van der Waals surface area (Å²) in [4.78, 5) is 34.7. The third kappa shape index (κ3) is 5.22. The van der Waals surface area contributed by atoms with Gasteiger partial charge in [0.25, 0.3) is 23.4 Å². The molecule has 2 aromatic rings. The molecule has 2 fully saturated rings. The van der Waals surface area contributed by atoms with Gasteiger partial charge in [0.1, 0.15) is 12.1 Å². The van der Waals surface area contributed by atoms with E-state index < -0.39 is 76.7 Å². The van der Waals surface area contributed by atoms with Crippen LogP contribution in [0.25, 0.3) is 0 Å². The Morgan fingerprint density at radius 2 is 1.84 bits per heavy atom. The maximum atomic E-state index is 15.2. The molecule has 1 heterocycles. The van der Waals surface area contributed by atoms with Gasteiger partial charge in [0.2, 0.25) is 0 Å². The van der Waals surface area contributed by atoms with Crippen molar-refractivity contribution >= 4 is 34.8 Å². The minimum Gasteiger partial charge on any atom is -0.351 e. The van der Waals surface area contributed by atoms with E-state index >= 15 is 4.39 Å². The lowest BCUT2D eigenvalue weighted by molar-refractivity contribution is -0.132. The van der Waals surface area contributed by atoms with Crippen LogP contribution in [0, 0.1) is 17.7 Å². The molecule has 0 aliphatic heterocycles. The molecule has 2 bridgehead atoms. The lowest BCUT2D eigenvalue weighted by Gasteiger charge is -2.41. The highest BCUT2D eigenvalue weighted by Crippen LogP contribution is 2.54. The third-order valence-corrected chi connectivity index (χ3v) is 7.22. The summed E-state index contributed by atoms with van der Waals surface area (Å²) >= 11 is 5.41. The summed E-state index contributed by atoms with van der Waals surface area (Å²) in [5.74, 6) is -8.42. The Kier molecular flexibility index (Phi) is 7.23. The first-order chi connectivity index (χ1) is 17.6. The molecule has 7 nitrogen and oxygen atoms in total. The van der Waals surface area contributed by atoms with Crippen molar-refractivity contribution in [1.82, 2.24) is 15.3 Å². The first-order valence-corrected chi connectivity index (χ1v) is 11.8. The van der Waals surface area contributed by atoms with E-state index in [0.29, 0.717) is 11.0 Å².